The van der Waals surface area contributed by atoms with Gasteiger partial charge in [-0.2, -0.15) is 0 Å². The molecule has 0 saturated carbocycles. The van der Waals surface area contributed by atoms with E-state index >= 15 is 0 Å². The van der Waals surface area contributed by atoms with E-state index in [2.05, 4.69) is 12.1 Å². The minimum atomic E-state index is -0.452. The Labute approximate surface area is 158 Å². The number of fused-ring (bicyclic) bond motifs is 1. The van der Waals surface area contributed by atoms with Crippen molar-refractivity contribution in [1.82, 2.24) is 0 Å². The highest BCUT2D eigenvalue weighted by atomic mass is 16.2. The van der Waals surface area contributed by atoms with E-state index in [9.17, 15) is 9.59 Å². The maximum Gasteiger partial charge on any atom is 0.248 e. The number of hydrogen-bond acceptors (Lipinski definition) is 2. The van der Waals surface area contributed by atoms with Gasteiger partial charge in [0.1, 0.15) is 0 Å². The topological polar surface area (TPSA) is 63.4 Å². The van der Waals surface area contributed by atoms with Crippen LogP contribution in [0.4, 0.5) is 5.69 Å². The van der Waals surface area contributed by atoms with Crippen LogP contribution in [-0.4, -0.2) is 11.8 Å². The van der Waals surface area contributed by atoms with Crippen molar-refractivity contribution in [3.8, 4) is 0 Å². The number of nitrogens with zero attached hydrogens (tertiary/aromatic N) is 1. The molecule has 1 aliphatic heterocycles. The minimum Gasteiger partial charge on any atom is -0.366 e. The summed E-state index contributed by atoms with van der Waals surface area (Å²) in [5.74, 6) is -0.514. The van der Waals surface area contributed by atoms with Crippen LogP contribution in [0, 0.1) is 0 Å². The van der Waals surface area contributed by atoms with Crippen LogP contribution in [0.25, 0.3) is 0 Å². The highest BCUT2D eigenvalue weighted by Gasteiger charge is 2.36. The van der Waals surface area contributed by atoms with Gasteiger partial charge in [-0.05, 0) is 41.3 Å². The summed E-state index contributed by atoms with van der Waals surface area (Å²) in [4.78, 5) is 26.3. The predicted molar refractivity (Wildman–Crippen MR) is 105 cm³/mol. The van der Waals surface area contributed by atoms with Crippen molar-refractivity contribution in [2.45, 2.75) is 18.9 Å². The normalized spacial score (nSPS) is 15.6. The largest absolute Gasteiger partial charge is 0.366 e. The average Bonchev–Trinajstić information content (AvgIpc) is 2.95. The maximum atomic E-state index is 13.2. The number of anilines is 1. The van der Waals surface area contributed by atoms with Gasteiger partial charge in [0, 0.05) is 11.3 Å². The van der Waals surface area contributed by atoms with Crippen LogP contribution in [0.5, 0.6) is 0 Å². The third-order valence-corrected chi connectivity index (χ3v) is 5.03. The molecule has 27 heavy (non-hydrogen) atoms. The maximum absolute atomic E-state index is 13.2. The van der Waals surface area contributed by atoms with Gasteiger partial charge in [0.15, 0.2) is 0 Å². The smallest absolute Gasteiger partial charge is 0.248 e. The summed E-state index contributed by atoms with van der Waals surface area (Å²) >= 11 is 0. The van der Waals surface area contributed by atoms with Crippen LogP contribution >= 0.6 is 0 Å². The average molecular weight is 356 g/mol. The van der Waals surface area contributed by atoms with Crippen LogP contribution in [0.1, 0.15) is 33.0 Å². The van der Waals surface area contributed by atoms with E-state index in [1.807, 2.05) is 59.5 Å². The number of nitrogens with two attached hydrogens (primary N) is 1. The number of carbonyl (C=O) groups excluding carboxylic acids is 2. The molecule has 0 aromatic heterocycles. The van der Waals surface area contributed by atoms with E-state index in [4.69, 9.17) is 5.73 Å². The summed E-state index contributed by atoms with van der Waals surface area (Å²) in [6, 6.07) is 25.2. The fourth-order valence-electron chi connectivity index (χ4n) is 3.64. The molecule has 1 aliphatic rings. The lowest BCUT2D eigenvalue weighted by Gasteiger charge is -2.18. The summed E-state index contributed by atoms with van der Waals surface area (Å²) in [6.45, 7) is 0.472. The van der Waals surface area contributed by atoms with E-state index < -0.39 is 5.91 Å². The first kappa shape index (κ1) is 17.0. The van der Waals surface area contributed by atoms with Crippen LogP contribution in [0.2, 0.25) is 0 Å². The Bertz CT molecular complexity index is 981. The molecule has 0 aliphatic carbocycles. The summed E-state index contributed by atoms with van der Waals surface area (Å²) in [5, 5.41) is 0. The van der Waals surface area contributed by atoms with Gasteiger partial charge < -0.3 is 10.6 Å². The molecule has 4 rings (SSSR count). The van der Waals surface area contributed by atoms with E-state index in [0.717, 1.165) is 22.4 Å². The second-order valence-corrected chi connectivity index (χ2v) is 6.79. The fraction of sp³-hybridized carbons (Fsp3) is 0.130. The Morgan fingerprint density at radius 1 is 0.852 bits per heavy atom. The molecule has 0 saturated heterocycles. The summed E-state index contributed by atoms with van der Waals surface area (Å²) in [5.41, 5.74) is 9.91. The summed E-state index contributed by atoms with van der Waals surface area (Å²) < 4.78 is 0. The number of carbonyl (C=O) groups is 2. The van der Waals surface area contributed by atoms with Gasteiger partial charge >= 0.3 is 0 Å². The van der Waals surface area contributed by atoms with Gasteiger partial charge in [-0.25, -0.2) is 0 Å². The molecule has 134 valence electrons. The number of para-hydroxylation sites is 1. The fourth-order valence-corrected chi connectivity index (χ4v) is 3.64. The number of hydrogen-bond donors (Lipinski definition) is 1. The van der Waals surface area contributed by atoms with Crippen molar-refractivity contribution in [1.29, 1.82) is 0 Å². The third-order valence-electron chi connectivity index (χ3n) is 5.03. The zero-order valence-corrected chi connectivity index (χ0v) is 14.8. The molecular weight excluding hydrogens is 336 g/mol. The molecule has 4 nitrogen and oxygen atoms in total. The monoisotopic (exact) mass is 356 g/mol. The summed E-state index contributed by atoms with van der Waals surface area (Å²) in [7, 11) is 0. The first-order valence-electron chi connectivity index (χ1n) is 8.96. The van der Waals surface area contributed by atoms with Crippen LogP contribution in [0.3, 0.4) is 0 Å². The van der Waals surface area contributed by atoms with Gasteiger partial charge in [-0.1, -0.05) is 60.7 Å². The summed E-state index contributed by atoms with van der Waals surface area (Å²) in [6.07, 6.45) is 0.688. The Kier molecular flexibility index (Phi) is 4.47. The molecule has 3 aromatic carbocycles. The van der Waals surface area contributed by atoms with Crippen LogP contribution in [0.15, 0.2) is 78.9 Å². The van der Waals surface area contributed by atoms with E-state index in [-0.39, 0.29) is 11.8 Å². The van der Waals surface area contributed by atoms with Crippen molar-refractivity contribution in [2.24, 2.45) is 5.73 Å². The highest BCUT2D eigenvalue weighted by Crippen LogP contribution is 2.39. The van der Waals surface area contributed by atoms with E-state index in [1.54, 1.807) is 12.1 Å². The predicted octanol–water partition coefficient (Wildman–Crippen LogP) is 3.66. The second-order valence-electron chi connectivity index (χ2n) is 6.79. The van der Waals surface area contributed by atoms with Gasteiger partial charge in [0.2, 0.25) is 11.8 Å². The third kappa shape index (κ3) is 3.34. The Balaban J connectivity index is 1.61. The lowest BCUT2D eigenvalue weighted by Crippen LogP contribution is -2.29. The Hall–Kier alpha value is -3.40. The van der Waals surface area contributed by atoms with Crippen molar-refractivity contribution >= 4 is 17.5 Å². The number of primary amides is 1. The number of amides is 2. The van der Waals surface area contributed by atoms with Crippen LogP contribution in [-0.2, 0) is 17.8 Å². The Morgan fingerprint density at radius 2 is 1.52 bits per heavy atom. The first-order chi connectivity index (χ1) is 13.1. The zero-order chi connectivity index (χ0) is 18.8. The zero-order valence-electron chi connectivity index (χ0n) is 14.8. The second kappa shape index (κ2) is 7.08. The molecule has 0 fully saturated rings. The van der Waals surface area contributed by atoms with Gasteiger partial charge in [-0.3, -0.25) is 9.59 Å². The highest BCUT2D eigenvalue weighted by molar-refractivity contribution is 6.05. The van der Waals surface area contributed by atoms with Gasteiger partial charge in [0.05, 0.1) is 12.5 Å². The number of benzene rings is 3. The van der Waals surface area contributed by atoms with E-state index in [0.29, 0.717) is 18.5 Å². The minimum absolute atomic E-state index is 0.110. The molecule has 1 heterocycles. The first-order valence-corrected chi connectivity index (χ1v) is 8.96. The molecule has 2 N–H and O–H groups in total. The number of rotatable bonds is 5. The molecule has 1 unspecified atom stereocenters. The SMILES string of the molecule is NC(=O)c1ccc(CN2C(=O)C(Cc3ccccc3)c3ccccc32)cc1. The lowest BCUT2D eigenvalue weighted by atomic mass is 9.93. The van der Waals surface area contributed by atoms with Crippen molar-refractivity contribution in [3.05, 3.63) is 101 Å². The van der Waals surface area contributed by atoms with E-state index in [1.165, 1.54) is 0 Å². The molecular formula is C23H20N2O2. The lowest BCUT2D eigenvalue weighted by molar-refractivity contribution is -0.119. The molecule has 2 amide bonds. The molecule has 0 bridgehead atoms. The van der Waals surface area contributed by atoms with Crippen molar-refractivity contribution in [3.63, 3.8) is 0 Å². The Morgan fingerprint density at radius 3 is 2.22 bits per heavy atom. The molecule has 4 heteroatoms. The molecule has 0 spiro atoms. The van der Waals surface area contributed by atoms with Crippen molar-refractivity contribution < 1.29 is 9.59 Å². The van der Waals surface area contributed by atoms with Gasteiger partial charge in [0.25, 0.3) is 0 Å². The molecule has 3 aromatic rings. The van der Waals surface area contributed by atoms with Gasteiger partial charge in [-0.15, -0.1) is 0 Å². The van der Waals surface area contributed by atoms with Crippen LogP contribution < -0.4 is 10.6 Å². The molecule has 0 radical (unpaired) electrons. The van der Waals surface area contributed by atoms with Crippen molar-refractivity contribution in [2.75, 3.05) is 4.90 Å². The standard InChI is InChI=1S/C23H20N2O2/c24-22(26)18-12-10-17(11-13-18)15-25-21-9-5-4-8-19(21)20(23(25)27)14-16-6-2-1-3-7-16/h1-13,20H,14-15H2,(H2,24,26). The quantitative estimate of drug-likeness (QED) is 0.758. The molecule has 1 atom stereocenters.